The number of aromatic nitrogens is 1. The van der Waals surface area contributed by atoms with E-state index < -0.39 is 0 Å². The second-order valence-corrected chi connectivity index (χ2v) is 4.94. The highest BCUT2D eigenvalue weighted by Gasteiger charge is 2.10. The first kappa shape index (κ1) is 13.6. The number of H-pyrrole nitrogens is 1. The molecule has 3 nitrogen and oxygen atoms in total. The lowest BCUT2D eigenvalue weighted by Gasteiger charge is -2.11. The van der Waals surface area contributed by atoms with E-state index >= 15 is 0 Å². The summed E-state index contributed by atoms with van der Waals surface area (Å²) < 4.78 is 6.05. The zero-order valence-electron chi connectivity index (χ0n) is 10.5. The molecule has 0 aliphatic carbocycles. The van der Waals surface area contributed by atoms with Crippen LogP contribution in [0.1, 0.15) is 16.7 Å². The number of aromatic amines is 1. The lowest BCUT2D eigenvalue weighted by atomic mass is 10.1. The Balaban J connectivity index is 2.48. The van der Waals surface area contributed by atoms with Gasteiger partial charge in [-0.05, 0) is 43.2 Å². The molecule has 1 heterocycles. The average Bonchev–Trinajstić information content (AvgIpc) is 2.36. The van der Waals surface area contributed by atoms with Gasteiger partial charge >= 0.3 is 0 Å². The van der Waals surface area contributed by atoms with E-state index in [1.54, 1.807) is 12.3 Å². The minimum atomic E-state index is 0.298. The number of ether oxygens (including phenoxy) is 1. The predicted molar refractivity (Wildman–Crippen MR) is 77.3 cm³/mol. The zero-order valence-corrected chi connectivity index (χ0v) is 12.0. The Morgan fingerprint density at radius 1 is 1.26 bits per heavy atom. The SMILES string of the molecule is Cc1cc(Cl)c(Oc2cc[nH]c(=S)c2C#N)cc1C. The summed E-state index contributed by atoms with van der Waals surface area (Å²) in [5.41, 5.74) is 2.45. The summed E-state index contributed by atoms with van der Waals surface area (Å²) >= 11 is 11.2. The molecule has 0 saturated carbocycles. The van der Waals surface area contributed by atoms with Gasteiger partial charge in [0.1, 0.15) is 27.8 Å². The van der Waals surface area contributed by atoms with Crippen molar-refractivity contribution in [3.8, 4) is 17.6 Å². The van der Waals surface area contributed by atoms with Crippen LogP contribution in [-0.4, -0.2) is 4.98 Å². The first-order chi connectivity index (χ1) is 9.02. The Kier molecular flexibility index (Phi) is 3.89. The number of hydrogen-bond acceptors (Lipinski definition) is 3. The van der Waals surface area contributed by atoms with Crippen molar-refractivity contribution in [1.29, 1.82) is 5.26 Å². The van der Waals surface area contributed by atoms with Gasteiger partial charge in [-0.3, -0.25) is 0 Å². The van der Waals surface area contributed by atoms with E-state index in [0.717, 1.165) is 11.1 Å². The number of benzene rings is 1. The number of rotatable bonds is 2. The van der Waals surface area contributed by atoms with Gasteiger partial charge in [0.05, 0.1) is 5.02 Å². The Bertz CT molecular complexity index is 731. The van der Waals surface area contributed by atoms with Gasteiger partial charge in [-0.1, -0.05) is 23.8 Å². The van der Waals surface area contributed by atoms with Crippen molar-refractivity contribution in [1.82, 2.24) is 4.98 Å². The third-order valence-electron chi connectivity index (χ3n) is 2.80. The number of hydrogen-bond donors (Lipinski definition) is 1. The molecule has 0 atom stereocenters. The van der Waals surface area contributed by atoms with Crippen LogP contribution in [0.15, 0.2) is 24.4 Å². The maximum atomic E-state index is 9.10. The molecule has 0 spiro atoms. The molecule has 1 aromatic heterocycles. The van der Waals surface area contributed by atoms with Crippen LogP contribution < -0.4 is 4.74 Å². The van der Waals surface area contributed by atoms with Gasteiger partial charge in [-0.25, -0.2) is 0 Å². The smallest absolute Gasteiger partial charge is 0.149 e. The van der Waals surface area contributed by atoms with Gasteiger partial charge in [0.2, 0.25) is 0 Å². The van der Waals surface area contributed by atoms with Gasteiger partial charge in [0, 0.05) is 6.20 Å². The van der Waals surface area contributed by atoms with E-state index in [1.807, 2.05) is 32.0 Å². The van der Waals surface area contributed by atoms with Crippen LogP contribution in [0.25, 0.3) is 0 Å². The van der Waals surface area contributed by atoms with Gasteiger partial charge in [-0.2, -0.15) is 5.26 Å². The van der Waals surface area contributed by atoms with E-state index in [4.69, 9.17) is 33.8 Å². The van der Waals surface area contributed by atoms with E-state index in [1.165, 1.54) is 0 Å². The van der Waals surface area contributed by atoms with Gasteiger partial charge in [-0.15, -0.1) is 0 Å². The van der Waals surface area contributed by atoms with Crippen molar-refractivity contribution in [2.75, 3.05) is 0 Å². The predicted octanol–water partition coefficient (Wildman–Crippen LogP) is 4.68. The molecule has 0 radical (unpaired) electrons. The van der Waals surface area contributed by atoms with E-state index in [2.05, 4.69) is 4.98 Å². The van der Waals surface area contributed by atoms with Crippen molar-refractivity contribution < 1.29 is 4.74 Å². The van der Waals surface area contributed by atoms with Crippen LogP contribution >= 0.6 is 23.8 Å². The number of pyridine rings is 1. The van der Waals surface area contributed by atoms with Crippen molar-refractivity contribution in [3.05, 3.63) is 50.7 Å². The van der Waals surface area contributed by atoms with Crippen molar-refractivity contribution in [2.45, 2.75) is 13.8 Å². The quantitative estimate of drug-likeness (QED) is 0.817. The summed E-state index contributed by atoms with van der Waals surface area (Å²) in [5, 5.41) is 9.60. The molecular formula is C14H11ClN2OS. The molecular weight excluding hydrogens is 280 g/mol. The monoisotopic (exact) mass is 290 g/mol. The Hall–Kier alpha value is -1.83. The second kappa shape index (κ2) is 5.43. The Morgan fingerprint density at radius 3 is 2.63 bits per heavy atom. The highest BCUT2D eigenvalue weighted by molar-refractivity contribution is 7.71. The maximum Gasteiger partial charge on any atom is 0.149 e. The number of halogens is 1. The van der Waals surface area contributed by atoms with E-state index in [9.17, 15) is 0 Å². The molecule has 0 amide bonds. The molecule has 0 aliphatic rings. The number of nitriles is 1. The fourth-order valence-electron chi connectivity index (χ4n) is 1.60. The average molecular weight is 291 g/mol. The molecule has 19 heavy (non-hydrogen) atoms. The largest absolute Gasteiger partial charge is 0.454 e. The molecule has 1 N–H and O–H groups in total. The zero-order chi connectivity index (χ0) is 14.0. The third-order valence-corrected chi connectivity index (χ3v) is 3.42. The molecule has 5 heteroatoms. The number of nitrogens with one attached hydrogen (secondary N) is 1. The summed E-state index contributed by atoms with van der Waals surface area (Å²) in [6.07, 6.45) is 1.63. The number of nitrogens with zero attached hydrogens (tertiary/aromatic N) is 1. The lowest BCUT2D eigenvalue weighted by Crippen LogP contribution is -1.93. The van der Waals surface area contributed by atoms with Crippen molar-refractivity contribution in [2.24, 2.45) is 0 Å². The van der Waals surface area contributed by atoms with E-state index in [-0.39, 0.29) is 0 Å². The minimum absolute atomic E-state index is 0.298. The summed E-state index contributed by atoms with van der Waals surface area (Å²) in [6.45, 7) is 3.95. The first-order valence-corrected chi connectivity index (χ1v) is 6.38. The van der Waals surface area contributed by atoms with Gasteiger partial charge in [0.25, 0.3) is 0 Å². The normalized spacial score (nSPS) is 10.0. The standard InChI is InChI=1S/C14H11ClN2OS/c1-8-5-11(15)13(6-9(8)2)18-12-3-4-17-14(19)10(12)7-16/h3-6H,1-2H3,(H,17,19). The van der Waals surface area contributed by atoms with Crippen LogP contribution in [0, 0.1) is 29.8 Å². The third kappa shape index (κ3) is 2.78. The molecule has 0 saturated heterocycles. The molecule has 2 rings (SSSR count). The lowest BCUT2D eigenvalue weighted by molar-refractivity contribution is 0.479. The van der Waals surface area contributed by atoms with Gasteiger partial charge in [0.15, 0.2) is 0 Å². The molecule has 2 aromatic rings. The summed E-state index contributed by atoms with van der Waals surface area (Å²) in [5.74, 6) is 0.915. The summed E-state index contributed by atoms with van der Waals surface area (Å²) in [7, 11) is 0. The second-order valence-electron chi connectivity index (χ2n) is 4.13. The molecule has 0 aliphatic heterocycles. The highest BCUT2D eigenvalue weighted by atomic mass is 35.5. The van der Waals surface area contributed by atoms with Crippen LogP contribution in [0.5, 0.6) is 11.5 Å². The van der Waals surface area contributed by atoms with Crippen molar-refractivity contribution in [3.63, 3.8) is 0 Å². The Labute approximate surface area is 121 Å². The fourth-order valence-corrected chi connectivity index (χ4v) is 2.07. The van der Waals surface area contributed by atoms with Crippen LogP contribution in [0.4, 0.5) is 0 Å². The topological polar surface area (TPSA) is 48.8 Å². The molecule has 96 valence electrons. The molecule has 1 aromatic carbocycles. The first-order valence-electron chi connectivity index (χ1n) is 5.59. The van der Waals surface area contributed by atoms with Gasteiger partial charge < -0.3 is 9.72 Å². The maximum absolute atomic E-state index is 9.10. The number of aryl methyl sites for hydroxylation is 2. The summed E-state index contributed by atoms with van der Waals surface area (Å²) in [6, 6.07) is 7.36. The Morgan fingerprint density at radius 2 is 1.95 bits per heavy atom. The van der Waals surface area contributed by atoms with Crippen LogP contribution in [0.3, 0.4) is 0 Å². The fraction of sp³-hybridized carbons (Fsp3) is 0.143. The van der Waals surface area contributed by atoms with Crippen molar-refractivity contribution >= 4 is 23.8 Å². The minimum Gasteiger partial charge on any atom is -0.454 e. The molecule has 0 fully saturated rings. The van der Waals surface area contributed by atoms with Crippen LogP contribution in [-0.2, 0) is 0 Å². The molecule has 0 bridgehead atoms. The molecule has 0 unspecified atom stereocenters. The highest BCUT2D eigenvalue weighted by Crippen LogP contribution is 2.33. The van der Waals surface area contributed by atoms with E-state index in [0.29, 0.717) is 26.7 Å². The summed E-state index contributed by atoms with van der Waals surface area (Å²) in [4.78, 5) is 2.79. The van der Waals surface area contributed by atoms with Crippen LogP contribution in [0.2, 0.25) is 5.02 Å².